The standard InChI is InChI=1S/C19H17F3N2O2/c1-2-18(25)23-14-11-13-5-3-4-6-17(13)24(12-14)15-7-9-16(10-8-15)26-19(20,21)22/h2-10,14H,1,11-12H2,(H,23,25). The molecule has 1 heterocycles. The van der Waals surface area contributed by atoms with Crippen molar-refractivity contribution in [3.8, 4) is 5.75 Å². The van der Waals surface area contributed by atoms with Crippen molar-refractivity contribution in [3.05, 3.63) is 66.7 Å². The van der Waals surface area contributed by atoms with E-state index in [1.807, 2.05) is 29.2 Å². The fourth-order valence-electron chi connectivity index (χ4n) is 3.02. The SMILES string of the molecule is C=CC(=O)NC1Cc2ccccc2N(c2ccc(OC(F)(F)F)cc2)C1. The summed E-state index contributed by atoms with van der Waals surface area (Å²) in [5.74, 6) is -0.536. The highest BCUT2D eigenvalue weighted by Gasteiger charge is 2.31. The molecule has 1 amide bonds. The summed E-state index contributed by atoms with van der Waals surface area (Å²) < 4.78 is 40.9. The van der Waals surface area contributed by atoms with Crippen LogP contribution in [0.15, 0.2) is 61.2 Å². The Balaban J connectivity index is 1.87. The lowest BCUT2D eigenvalue weighted by atomic mass is 9.97. The summed E-state index contributed by atoms with van der Waals surface area (Å²) in [6, 6.07) is 13.3. The van der Waals surface area contributed by atoms with Crippen LogP contribution in [-0.4, -0.2) is 24.9 Å². The number of hydrogen-bond acceptors (Lipinski definition) is 3. The topological polar surface area (TPSA) is 41.6 Å². The van der Waals surface area contributed by atoms with Gasteiger partial charge in [0.25, 0.3) is 0 Å². The summed E-state index contributed by atoms with van der Waals surface area (Å²) >= 11 is 0. The Morgan fingerprint density at radius 3 is 2.54 bits per heavy atom. The number of nitrogens with one attached hydrogen (secondary N) is 1. The molecule has 1 N–H and O–H groups in total. The monoisotopic (exact) mass is 362 g/mol. The van der Waals surface area contributed by atoms with Gasteiger partial charge in [-0.2, -0.15) is 0 Å². The molecule has 4 nitrogen and oxygen atoms in total. The van der Waals surface area contributed by atoms with Crippen molar-refractivity contribution in [3.63, 3.8) is 0 Å². The molecule has 0 aliphatic carbocycles. The van der Waals surface area contributed by atoms with Gasteiger partial charge in [-0.25, -0.2) is 0 Å². The summed E-state index contributed by atoms with van der Waals surface area (Å²) in [6.45, 7) is 3.95. The zero-order valence-corrected chi connectivity index (χ0v) is 13.8. The van der Waals surface area contributed by atoms with Gasteiger partial charge in [0.15, 0.2) is 0 Å². The van der Waals surface area contributed by atoms with Gasteiger partial charge in [-0.1, -0.05) is 24.8 Å². The number of para-hydroxylation sites is 1. The second-order valence-corrected chi connectivity index (χ2v) is 5.89. The number of halogens is 3. The van der Waals surface area contributed by atoms with Crippen molar-refractivity contribution >= 4 is 17.3 Å². The highest BCUT2D eigenvalue weighted by molar-refractivity contribution is 5.87. The molecule has 2 aromatic carbocycles. The van der Waals surface area contributed by atoms with Crippen molar-refractivity contribution in [2.45, 2.75) is 18.8 Å². The van der Waals surface area contributed by atoms with Gasteiger partial charge in [-0.3, -0.25) is 4.79 Å². The maximum Gasteiger partial charge on any atom is 0.573 e. The molecule has 0 radical (unpaired) electrons. The summed E-state index contributed by atoms with van der Waals surface area (Å²) in [5.41, 5.74) is 2.72. The first kappa shape index (κ1) is 17.8. The Bertz CT molecular complexity index is 803. The number of carbonyl (C=O) groups excluding carboxylic acids is 1. The van der Waals surface area contributed by atoms with Gasteiger partial charge < -0.3 is 15.0 Å². The van der Waals surface area contributed by atoms with Crippen molar-refractivity contribution < 1.29 is 22.7 Å². The van der Waals surface area contributed by atoms with E-state index in [0.717, 1.165) is 11.3 Å². The summed E-state index contributed by atoms with van der Waals surface area (Å²) in [4.78, 5) is 13.6. The fraction of sp³-hybridized carbons (Fsp3) is 0.211. The number of nitrogens with zero attached hydrogens (tertiary/aromatic N) is 1. The van der Waals surface area contributed by atoms with Gasteiger partial charge >= 0.3 is 6.36 Å². The number of ether oxygens (including phenoxy) is 1. The molecule has 2 aromatic rings. The number of amides is 1. The van der Waals surface area contributed by atoms with Gasteiger partial charge in [-0.15, -0.1) is 13.2 Å². The first-order valence-corrected chi connectivity index (χ1v) is 8.00. The average Bonchev–Trinajstić information content (AvgIpc) is 2.60. The van der Waals surface area contributed by atoms with Gasteiger partial charge in [0, 0.05) is 17.9 Å². The molecular formula is C19H17F3N2O2. The predicted molar refractivity (Wildman–Crippen MR) is 92.4 cm³/mol. The van der Waals surface area contributed by atoms with Crippen LogP contribution in [0.3, 0.4) is 0 Å². The molecular weight excluding hydrogens is 345 g/mol. The number of alkyl halides is 3. The van der Waals surface area contributed by atoms with E-state index in [0.29, 0.717) is 18.7 Å². The second kappa shape index (κ2) is 7.11. The largest absolute Gasteiger partial charge is 0.573 e. The summed E-state index contributed by atoms with van der Waals surface area (Å²) in [6.07, 6.45) is -2.84. The fourth-order valence-corrected chi connectivity index (χ4v) is 3.02. The molecule has 3 rings (SSSR count). The van der Waals surface area contributed by atoms with Crippen LogP contribution in [0.5, 0.6) is 5.75 Å². The number of hydrogen-bond donors (Lipinski definition) is 1. The van der Waals surface area contributed by atoms with Gasteiger partial charge in [0.05, 0.1) is 6.04 Å². The van der Waals surface area contributed by atoms with E-state index in [1.165, 1.54) is 18.2 Å². The first-order valence-electron chi connectivity index (χ1n) is 8.00. The molecule has 0 saturated heterocycles. The molecule has 1 aliphatic heterocycles. The van der Waals surface area contributed by atoms with E-state index in [4.69, 9.17) is 0 Å². The van der Waals surface area contributed by atoms with Gasteiger partial charge in [0.2, 0.25) is 5.91 Å². The summed E-state index contributed by atoms with van der Waals surface area (Å²) in [5, 5.41) is 2.88. The van der Waals surface area contributed by atoms with Crippen LogP contribution in [0.25, 0.3) is 0 Å². The highest BCUT2D eigenvalue weighted by Crippen LogP contribution is 2.34. The second-order valence-electron chi connectivity index (χ2n) is 5.89. The Hall–Kier alpha value is -2.96. The van der Waals surface area contributed by atoms with Crippen LogP contribution >= 0.6 is 0 Å². The van der Waals surface area contributed by atoms with Crippen LogP contribution in [0.4, 0.5) is 24.5 Å². The third kappa shape index (κ3) is 4.17. The van der Waals surface area contributed by atoms with Gasteiger partial charge in [0.1, 0.15) is 5.75 Å². The number of carbonyl (C=O) groups is 1. The number of rotatable bonds is 4. The van der Waals surface area contributed by atoms with Crippen molar-refractivity contribution in [2.24, 2.45) is 0 Å². The Morgan fingerprint density at radius 1 is 1.19 bits per heavy atom. The maximum absolute atomic E-state index is 12.3. The first-order chi connectivity index (χ1) is 12.4. The van der Waals surface area contributed by atoms with E-state index in [1.54, 1.807) is 12.1 Å². The van der Waals surface area contributed by atoms with Crippen molar-refractivity contribution in [2.75, 3.05) is 11.4 Å². The third-order valence-corrected chi connectivity index (χ3v) is 4.07. The Labute approximate surface area is 148 Å². The molecule has 1 unspecified atom stereocenters. The molecule has 26 heavy (non-hydrogen) atoms. The molecule has 0 saturated carbocycles. The minimum absolute atomic E-state index is 0.137. The quantitative estimate of drug-likeness (QED) is 0.838. The number of anilines is 2. The minimum atomic E-state index is -4.72. The van der Waals surface area contributed by atoms with Crippen LogP contribution < -0.4 is 15.0 Å². The number of benzene rings is 2. The molecule has 1 atom stereocenters. The van der Waals surface area contributed by atoms with Crippen molar-refractivity contribution in [1.29, 1.82) is 0 Å². The smallest absolute Gasteiger partial charge is 0.406 e. The van der Waals surface area contributed by atoms with Crippen LogP contribution in [0, 0.1) is 0 Å². The summed E-state index contributed by atoms with van der Waals surface area (Å²) in [7, 11) is 0. The molecule has 7 heteroatoms. The molecule has 136 valence electrons. The highest BCUT2D eigenvalue weighted by atomic mass is 19.4. The maximum atomic E-state index is 12.3. The van der Waals surface area contributed by atoms with Crippen LogP contribution in [0.1, 0.15) is 5.56 Å². The minimum Gasteiger partial charge on any atom is -0.406 e. The van der Waals surface area contributed by atoms with E-state index in [9.17, 15) is 18.0 Å². The van der Waals surface area contributed by atoms with E-state index in [-0.39, 0.29) is 17.7 Å². The number of fused-ring (bicyclic) bond motifs is 1. The molecule has 0 spiro atoms. The van der Waals surface area contributed by atoms with Crippen LogP contribution in [-0.2, 0) is 11.2 Å². The van der Waals surface area contributed by atoms with Crippen LogP contribution in [0.2, 0.25) is 0 Å². The third-order valence-electron chi connectivity index (χ3n) is 4.07. The van der Waals surface area contributed by atoms with E-state index in [2.05, 4.69) is 16.6 Å². The lowest BCUT2D eigenvalue weighted by Gasteiger charge is -2.36. The van der Waals surface area contributed by atoms with Crippen molar-refractivity contribution in [1.82, 2.24) is 5.32 Å². The molecule has 0 fully saturated rings. The zero-order chi connectivity index (χ0) is 18.7. The van der Waals surface area contributed by atoms with E-state index < -0.39 is 6.36 Å². The molecule has 0 bridgehead atoms. The van der Waals surface area contributed by atoms with Gasteiger partial charge in [-0.05, 0) is 48.4 Å². The predicted octanol–water partition coefficient (Wildman–Crippen LogP) is 3.95. The Morgan fingerprint density at radius 2 is 1.88 bits per heavy atom. The molecule has 0 aromatic heterocycles. The Kier molecular flexibility index (Phi) is 4.88. The normalized spacial score (nSPS) is 16.6. The van der Waals surface area contributed by atoms with E-state index >= 15 is 0 Å². The molecule has 1 aliphatic rings. The lowest BCUT2D eigenvalue weighted by molar-refractivity contribution is -0.274. The average molecular weight is 362 g/mol. The zero-order valence-electron chi connectivity index (χ0n) is 13.8. The lowest BCUT2D eigenvalue weighted by Crippen LogP contribution is -2.46.